The maximum atomic E-state index is 12.6. The maximum absolute atomic E-state index is 12.6. The summed E-state index contributed by atoms with van der Waals surface area (Å²) in [5, 5.41) is 8.06. The summed E-state index contributed by atoms with van der Waals surface area (Å²) in [6.45, 7) is 5.20. The first-order valence-corrected chi connectivity index (χ1v) is 8.49. The van der Waals surface area contributed by atoms with Crippen LogP contribution in [0.25, 0.3) is 0 Å². The summed E-state index contributed by atoms with van der Waals surface area (Å²) >= 11 is 0. The molecule has 0 spiro atoms. The molecule has 0 saturated carbocycles. The summed E-state index contributed by atoms with van der Waals surface area (Å²) in [5.41, 5.74) is 1.85. The highest BCUT2D eigenvalue weighted by Gasteiger charge is 2.29. The van der Waals surface area contributed by atoms with Gasteiger partial charge in [-0.1, -0.05) is 24.3 Å². The molecule has 112 valence electrons. The van der Waals surface area contributed by atoms with Crippen molar-refractivity contribution in [3.63, 3.8) is 0 Å². The van der Waals surface area contributed by atoms with Crippen LogP contribution in [0.3, 0.4) is 0 Å². The molecule has 0 bridgehead atoms. The Morgan fingerprint density at radius 2 is 1.90 bits per heavy atom. The number of hydrogen-bond donors (Lipinski definition) is 0. The molecule has 1 aromatic heterocycles. The molecule has 0 radical (unpaired) electrons. The van der Waals surface area contributed by atoms with Crippen LogP contribution in [0.2, 0.25) is 0 Å². The number of hydrogen-bond acceptors (Lipinski definition) is 4. The van der Waals surface area contributed by atoms with Gasteiger partial charge in [-0.25, -0.2) is 8.42 Å². The van der Waals surface area contributed by atoms with Gasteiger partial charge in [-0.2, -0.15) is 4.31 Å². The quantitative estimate of drug-likeness (QED) is 0.855. The number of aromatic nitrogens is 3. The maximum Gasteiger partial charge on any atom is 0.218 e. The van der Waals surface area contributed by atoms with Gasteiger partial charge in [0.1, 0.15) is 11.6 Å². The summed E-state index contributed by atoms with van der Waals surface area (Å²) in [6.07, 6.45) is 0. The number of benzene rings is 1. The van der Waals surface area contributed by atoms with Crippen molar-refractivity contribution in [2.45, 2.75) is 32.7 Å². The minimum atomic E-state index is -3.34. The van der Waals surface area contributed by atoms with Gasteiger partial charge in [0.2, 0.25) is 10.0 Å². The van der Waals surface area contributed by atoms with Crippen molar-refractivity contribution < 1.29 is 8.42 Å². The molecule has 1 aliphatic heterocycles. The number of aryl methyl sites for hydroxylation is 2. The summed E-state index contributed by atoms with van der Waals surface area (Å²) in [4.78, 5) is 0. The highest BCUT2D eigenvalue weighted by Crippen LogP contribution is 2.19. The van der Waals surface area contributed by atoms with Gasteiger partial charge < -0.3 is 4.57 Å². The highest BCUT2D eigenvalue weighted by atomic mass is 32.2. The van der Waals surface area contributed by atoms with E-state index in [1.807, 2.05) is 42.7 Å². The monoisotopic (exact) mass is 306 g/mol. The van der Waals surface area contributed by atoms with Crippen molar-refractivity contribution in [3.05, 3.63) is 47.0 Å². The third kappa shape index (κ3) is 2.71. The Kier molecular flexibility index (Phi) is 3.54. The molecule has 21 heavy (non-hydrogen) atoms. The topological polar surface area (TPSA) is 68.1 Å². The average molecular weight is 306 g/mol. The molecule has 1 aromatic carbocycles. The fourth-order valence-electron chi connectivity index (χ4n) is 2.58. The fourth-order valence-corrected chi connectivity index (χ4v) is 4.15. The van der Waals surface area contributed by atoms with Gasteiger partial charge in [-0.05, 0) is 25.0 Å². The number of fused-ring (bicyclic) bond motifs is 1. The molecular formula is C14H18N4O2S. The molecule has 1 aliphatic rings. The van der Waals surface area contributed by atoms with Gasteiger partial charge in [-0.3, -0.25) is 0 Å². The first-order valence-electron chi connectivity index (χ1n) is 6.88. The van der Waals surface area contributed by atoms with Crippen molar-refractivity contribution >= 4 is 10.0 Å². The average Bonchev–Trinajstić information content (AvgIpc) is 2.82. The first-order chi connectivity index (χ1) is 9.97. The van der Waals surface area contributed by atoms with Gasteiger partial charge in [0.15, 0.2) is 0 Å². The third-order valence-corrected chi connectivity index (χ3v) is 5.67. The summed E-state index contributed by atoms with van der Waals surface area (Å²) in [7, 11) is -3.34. The summed E-state index contributed by atoms with van der Waals surface area (Å²) in [6, 6.07) is 7.58. The molecular weight excluding hydrogens is 288 g/mol. The Morgan fingerprint density at radius 3 is 2.67 bits per heavy atom. The molecule has 7 heteroatoms. The van der Waals surface area contributed by atoms with Crippen LogP contribution >= 0.6 is 0 Å². The van der Waals surface area contributed by atoms with E-state index in [9.17, 15) is 8.42 Å². The molecule has 0 atom stereocenters. The predicted molar refractivity (Wildman–Crippen MR) is 79.0 cm³/mol. The number of sulfonamides is 1. The first kappa shape index (κ1) is 14.2. The van der Waals surface area contributed by atoms with E-state index < -0.39 is 10.0 Å². The molecule has 0 fully saturated rings. The lowest BCUT2D eigenvalue weighted by atomic mass is 10.1. The number of rotatable bonds is 3. The molecule has 0 unspecified atom stereocenters. The third-order valence-electron chi connectivity index (χ3n) is 3.90. The summed E-state index contributed by atoms with van der Waals surface area (Å²) in [5.74, 6) is 1.58. The standard InChI is InChI=1S/C14H18N4O2S/c1-11-5-3-4-6-13(11)10-21(19,20)17-7-8-18-12(2)15-16-14(18)9-17/h3-6H,7-10H2,1-2H3. The largest absolute Gasteiger partial charge is 0.313 e. The lowest BCUT2D eigenvalue weighted by Gasteiger charge is -2.27. The minimum absolute atomic E-state index is 0.0345. The van der Waals surface area contributed by atoms with Gasteiger partial charge >= 0.3 is 0 Å². The Labute approximate surface area is 124 Å². The van der Waals surface area contributed by atoms with E-state index in [1.54, 1.807) is 0 Å². The van der Waals surface area contributed by atoms with E-state index in [4.69, 9.17) is 0 Å². The Balaban J connectivity index is 1.82. The lowest BCUT2D eigenvalue weighted by Crippen LogP contribution is -2.39. The normalized spacial score (nSPS) is 15.9. The molecule has 2 aromatic rings. The van der Waals surface area contributed by atoms with Gasteiger partial charge in [0.05, 0.1) is 12.3 Å². The van der Waals surface area contributed by atoms with Crippen LogP contribution in [0.4, 0.5) is 0 Å². The Bertz CT molecular complexity index is 767. The number of nitrogens with zero attached hydrogens (tertiary/aromatic N) is 4. The molecule has 2 heterocycles. The van der Waals surface area contributed by atoms with Gasteiger partial charge in [0, 0.05) is 13.1 Å². The fraction of sp³-hybridized carbons (Fsp3) is 0.429. The zero-order valence-electron chi connectivity index (χ0n) is 12.2. The van der Waals surface area contributed by atoms with Crippen LogP contribution in [-0.2, 0) is 28.9 Å². The van der Waals surface area contributed by atoms with Crippen LogP contribution in [0.5, 0.6) is 0 Å². The summed E-state index contributed by atoms with van der Waals surface area (Å²) < 4.78 is 28.7. The zero-order chi connectivity index (χ0) is 15.0. The molecule has 0 amide bonds. The SMILES string of the molecule is Cc1ccccc1CS(=O)(=O)N1CCn2c(C)nnc2C1. The van der Waals surface area contributed by atoms with Crippen molar-refractivity contribution in [2.75, 3.05) is 6.54 Å². The molecule has 0 N–H and O–H groups in total. The second-order valence-electron chi connectivity index (χ2n) is 5.33. The molecule has 0 saturated heterocycles. The van der Waals surface area contributed by atoms with E-state index in [1.165, 1.54) is 4.31 Å². The van der Waals surface area contributed by atoms with Crippen LogP contribution in [0.15, 0.2) is 24.3 Å². The smallest absolute Gasteiger partial charge is 0.218 e. The van der Waals surface area contributed by atoms with E-state index in [-0.39, 0.29) is 5.75 Å². The van der Waals surface area contributed by atoms with Crippen LogP contribution in [-0.4, -0.2) is 34.0 Å². The zero-order valence-corrected chi connectivity index (χ0v) is 13.0. The lowest BCUT2D eigenvalue weighted by molar-refractivity contribution is 0.333. The van der Waals surface area contributed by atoms with E-state index >= 15 is 0 Å². The van der Waals surface area contributed by atoms with E-state index in [2.05, 4.69) is 10.2 Å². The van der Waals surface area contributed by atoms with Crippen molar-refractivity contribution in [3.8, 4) is 0 Å². The second-order valence-corrected chi connectivity index (χ2v) is 7.30. The van der Waals surface area contributed by atoms with Crippen molar-refractivity contribution in [2.24, 2.45) is 0 Å². The Hall–Kier alpha value is -1.73. The second kappa shape index (κ2) is 5.23. The van der Waals surface area contributed by atoms with Crippen LogP contribution in [0.1, 0.15) is 22.8 Å². The van der Waals surface area contributed by atoms with Gasteiger partial charge in [-0.15, -0.1) is 10.2 Å². The van der Waals surface area contributed by atoms with E-state index in [0.717, 1.165) is 17.0 Å². The van der Waals surface area contributed by atoms with Crippen molar-refractivity contribution in [1.29, 1.82) is 0 Å². The van der Waals surface area contributed by atoms with Crippen molar-refractivity contribution in [1.82, 2.24) is 19.1 Å². The highest BCUT2D eigenvalue weighted by molar-refractivity contribution is 7.88. The molecule has 6 nitrogen and oxygen atoms in total. The molecule has 0 aliphatic carbocycles. The predicted octanol–water partition coefficient (Wildman–Crippen LogP) is 1.24. The van der Waals surface area contributed by atoms with Crippen LogP contribution < -0.4 is 0 Å². The van der Waals surface area contributed by atoms with Crippen LogP contribution in [0, 0.1) is 13.8 Å². The molecule has 3 rings (SSSR count). The minimum Gasteiger partial charge on any atom is -0.313 e. The Morgan fingerprint density at radius 1 is 1.14 bits per heavy atom. The van der Waals surface area contributed by atoms with E-state index in [0.29, 0.717) is 25.5 Å². The van der Waals surface area contributed by atoms with Gasteiger partial charge in [0.25, 0.3) is 0 Å².